The molecular weight excluding hydrogens is 292 g/mol. The molecule has 1 aromatic heterocycles. The minimum Gasteiger partial charge on any atom is -0.484 e. The van der Waals surface area contributed by atoms with Crippen LogP contribution in [-0.2, 0) is 13.2 Å². The molecule has 23 heavy (non-hydrogen) atoms. The molecule has 0 aliphatic heterocycles. The van der Waals surface area contributed by atoms with Crippen LogP contribution in [-0.4, -0.2) is 10.2 Å². The Kier molecular flexibility index (Phi) is 4.57. The lowest BCUT2D eigenvalue weighted by Crippen LogP contribution is -1.96. The summed E-state index contributed by atoms with van der Waals surface area (Å²) >= 11 is 0. The van der Waals surface area contributed by atoms with E-state index < -0.39 is 0 Å². The Morgan fingerprint density at radius 1 is 0.783 bits per heavy atom. The summed E-state index contributed by atoms with van der Waals surface area (Å²) in [7, 11) is 0. The summed E-state index contributed by atoms with van der Waals surface area (Å²) in [5.74, 6) is 2.40. The summed E-state index contributed by atoms with van der Waals surface area (Å²) in [4.78, 5) is 0. The molecule has 0 atom stereocenters. The van der Waals surface area contributed by atoms with Crippen LogP contribution in [0.5, 0.6) is 11.5 Å². The largest absolute Gasteiger partial charge is 0.484 e. The van der Waals surface area contributed by atoms with Crippen LogP contribution < -0.4 is 9.47 Å². The number of nitrogens with zero attached hydrogens (tertiary/aromatic N) is 2. The Balaban J connectivity index is 1.53. The first-order valence-corrected chi connectivity index (χ1v) is 7.40. The molecular formula is C18H18N2O3. The minimum absolute atomic E-state index is 0.237. The van der Waals surface area contributed by atoms with E-state index in [1.54, 1.807) is 0 Å². The van der Waals surface area contributed by atoms with Gasteiger partial charge in [-0.15, -0.1) is 10.2 Å². The molecule has 5 heteroatoms. The maximum atomic E-state index is 5.67. The number of benzene rings is 2. The third-order valence-corrected chi connectivity index (χ3v) is 3.45. The van der Waals surface area contributed by atoms with Gasteiger partial charge in [0.1, 0.15) is 11.5 Å². The Morgan fingerprint density at radius 2 is 1.43 bits per heavy atom. The number of hydrogen-bond acceptors (Lipinski definition) is 5. The molecule has 0 unspecified atom stereocenters. The number of para-hydroxylation sites is 1. The van der Waals surface area contributed by atoms with Crippen molar-refractivity contribution in [3.05, 3.63) is 71.4 Å². The second-order valence-corrected chi connectivity index (χ2v) is 5.23. The van der Waals surface area contributed by atoms with Crippen LogP contribution in [0.1, 0.15) is 22.9 Å². The van der Waals surface area contributed by atoms with E-state index in [4.69, 9.17) is 13.9 Å². The summed E-state index contributed by atoms with van der Waals surface area (Å²) in [5, 5.41) is 7.92. The van der Waals surface area contributed by atoms with Crippen LogP contribution >= 0.6 is 0 Å². The van der Waals surface area contributed by atoms with Crippen LogP contribution in [0.2, 0.25) is 0 Å². The van der Waals surface area contributed by atoms with E-state index in [1.165, 1.54) is 11.1 Å². The van der Waals surface area contributed by atoms with Crippen molar-refractivity contribution in [2.75, 3.05) is 0 Å². The van der Waals surface area contributed by atoms with E-state index in [0.29, 0.717) is 11.8 Å². The lowest BCUT2D eigenvalue weighted by molar-refractivity contribution is 0.231. The molecule has 5 nitrogen and oxygen atoms in total. The maximum Gasteiger partial charge on any atom is 0.254 e. The second-order valence-electron chi connectivity index (χ2n) is 5.23. The number of rotatable bonds is 6. The fourth-order valence-corrected chi connectivity index (χ4v) is 2.02. The zero-order valence-electron chi connectivity index (χ0n) is 13.2. The number of aryl methyl sites for hydroxylation is 2. The maximum absolute atomic E-state index is 5.67. The monoisotopic (exact) mass is 310 g/mol. The summed E-state index contributed by atoms with van der Waals surface area (Å²) in [6, 6.07) is 15.4. The summed E-state index contributed by atoms with van der Waals surface area (Å²) in [6.07, 6.45) is 0. The van der Waals surface area contributed by atoms with Gasteiger partial charge in [0.05, 0.1) is 0 Å². The van der Waals surface area contributed by atoms with E-state index >= 15 is 0 Å². The summed E-state index contributed by atoms with van der Waals surface area (Å²) < 4.78 is 16.7. The number of hydrogen-bond donors (Lipinski definition) is 0. The van der Waals surface area contributed by atoms with Gasteiger partial charge in [0.15, 0.2) is 13.2 Å². The third kappa shape index (κ3) is 4.10. The molecule has 0 spiro atoms. The molecule has 0 aliphatic rings. The van der Waals surface area contributed by atoms with Crippen molar-refractivity contribution in [3.63, 3.8) is 0 Å². The van der Waals surface area contributed by atoms with Crippen LogP contribution in [0, 0.1) is 13.8 Å². The molecule has 0 fully saturated rings. The highest BCUT2D eigenvalue weighted by molar-refractivity contribution is 5.33. The average Bonchev–Trinajstić information content (AvgIpc) is 3.03. The van der Waals surface area contributed by atoms with Crippen molar-refractivity contribution in [2.24, 2.45) is 0 Å². The zero-order valence-corrected chi connectivity index (χ0v) is 13.2. The predicted octanol–water partition coefficient (Wildman–Crippen LogP) is 3.84. The molecule has 0 saturated carbocycles. The van der Waals surface area contributed by atoms with Gasteiger partial charge >= 0.3 is 0 Å². The third-order valence-electron chi connectivity index (χ3n) is 3.45. The van der Waals surface area contributed by atoms with Crippen LogP contribution in [0.4, 0.5) is 0 Å². The standard InChI is InChI=1S/C18H18N2O3/c1-13-8-9-16(10-14(13)2)22-12-18-20-19-17(23-18)11-21-15-6-4-3-5-7-15/h3-10H,11-12H2,1-2H3. The predicted molar refractivity (Wildman–Crippen MR) is 85.3 cm³/mol. The van der Waals surface area contributed by atoms with Crippen molar-refractivity contribution >= 4 is 0 Å². The molecule has 118 valence electrons. The van der Waals surface area contributed by atoms with Gasteiger partial charge in [-0.1, -0.05) is 24.3 Å². The zero-order chi connectivity index (χ0) is 16.1. The van der Waals surface area contributed by atoms with Gasteiger partial charge in [-0.05, 0) is 49.2 Å². The lowest BCUT2D eigenvalue weighted by Gasteiger charge is -2.06. The van der Waals surface area contributed by atoms with Gasteiger partial charge in [0.25, 0.3) is 11.8 Å². The number of aromatic nitrogens is 2. The average molecular weight is 310 g/mol. The van der Waals surface area contributed by atoms with Crippen molar-refractivity contribution in [1.82, 2.24) is 10.2 Å². The topological polar surface area (TPSA) is 57.4 Å². The smallest absolute Gasteiger partial charge is 0.254 e. The van der Waals surface area contributed by atoms with Crippen LogP contribution in [0.3, 0.4) is 0 Å². The molecule has 3 aromatic rings. The van der Waals surface area contributed by atoms with Crippen molar-refractivity contribution in [2.45, 2.75) is 27.1 Å². The molecule has 0 aliphatic carbocycles. The highest BCUT2D eigenvalue weighted by atomic mass is 16.5. The van der Waals surface area contributed by atoms with Crippen LogP contribution in [0.15, 0.2) is 52.9 Å². The normalized spacial score (nSPS) is 10.5. The van der Waals surface area contributed by atoms with Crippen molar-refractivity contribution in [3.8, 4) is 11.5 Å². The van der Waals surface area contributed by atoms with E-state index in [2.05, 4.69) is 17.1 Å². The van der Waals surface area contributed by atoms with Crippen molar-refractivity contribution < 1.29 is 13.9 Å². The Bertz CT molecular complexity index is 769. The summed E-state index contributed by atoms with van der Waals surface area (Å²) in [6.45, 7) is 4.59. The highest BCUT2D eigenvalue weighted by Crippen LogP contribution is 2.18. The Hall–Kier alpha value is -2.82. The molecule has 0 saturated heterocycles. The molecule has 1 heterocycles. The van der Waals surface area contributed by atoms with E-state index in [-0.39, 0.29) is 13.2 Å². The van der Waals surface area contributed by atoms with Gasteiger partial charge in [-0.25, -0.2) is 0 Å². The molecule has 0 N–H and O–H groups in total. The van der Waals surface area contributed by atoms with E-state index in [1.807, 2.05) is 55.5 Å². The first kappa shape index (κ1) is 15.1. The van der Waals surface area contributed by atoms with Gasteiger partial charge in [-0.2, -0.15) is 0 Å². The second kappa shape index (κ2) is 6.96. The molecule has 0 bridgehead atoms. The van der Waals surface area contributed by atoms with Gasteiger partial charge in [-0.3, -0.25) is 0 Å². The van der Waals surface area contributed by atoms with Gasteiger partial charge < -0.3 is 13.9 Å². The fourth-order valence-electron chi connectivity index (χ4n) is 2.02. The molecule has 0 amide bonds. The fraction of sp³-hybridized carbons (Fsp3) is 0.222. The Labute approximate surface area is 134 Å². The molecule has 2 aromatic carbocycles. The minimum atomic E-state index is 0.237. The number of ether oxygens (including phenoxy) is 2. The lowest BCUT2D eigenvalue weighted by atomic mass is 10.1. The van der Waals surface area contributed by atoms with Crippen LogP contribution in [0.25, 0.3) is 0 Å². The molecule has 0 radical (unpaired) electrons. The SMILES string of the molecule is Cc1ccc(OCc2nnc(COc3ccccc3)o2)cc1C. The van der Waals surface area contributed by atoms with Gasteiger partial charge in [0.2, 0.25) is 0 Å². The highest BCUT2D eigenvalue weighted by Gasteiger charge is 2.08. The first-order chi connectivity index (χ1) is 11.2. The van der Waals surface area contributed by atoms with E-state index in [9.17, 15) is 0 Å². The molecule has 3 rings (SSSR count). The first-order valence-electron chi connectivity index (χ1n) is 7.40. The van der Waals surface area contributed by atoms with Crippen molar-refractivity contribution in [1.29, 1.82) is 0 Å². The van der Waals surface area contributed by atoms with E-state index in [0.717, 1.165) is 11.5 Å². The Morgan fingerprint density at radius 3 is 2.09 bits per heavy atom. The quantitative estimate of drug-likeness (QED) is 0.692. The van der Waals surface area contributed by atoms with Gasteiger partial charge in [0, 0.05) is 0 Å². The summed E-state index contributed by atoms with van der Waals surface area (Å²) in [5.41, 5.74) is 2.42.